The fourth-order valence-corrected chi connectivity index (χ4v) is 2.41. The molecule has 1 aromatic carbocycles. The maximum Gasteiger partial charge on any atom is 0.254 e. The van der Waals surface area contributed by atoms with Gasteiger partial charge in [-0.3, -0.25) is 4.79 Å². The van der Waals surface area contributed by atoms with Gasteiger partial charge in [-0.25, -0.2) is 0 Å². The number of carbonyl (C=O) groups excluding carboxylic acids is 1. The predicted molar refractivity (Wildman–Crippen MR) is 79.0 cm³/mol. The Morgan fingerprint density at radius 2 is 2.00 bits per heavy atom. The SMILES string of the molecule is CCC(CC)N(CCCl)C(=O)c1ccc(O)c(C)c1. The molecule has 0 fully saturated rings. The average Bonchev–Trinajstić information content (AvgIpc) is 2.41. The molecule has 1 N–H and O–H groups in total. The summed E-state index contributed by atoms with van der Waals surface area (Å²) >= 11 is 5.81. The van der Waals surface area contributed by atoms with E-state index in [2.05, 4.69) is 13.8 Å². The van der Waals surface area contributed by atoms with Crippen LogP contribution in [0.1, 0.15) is 42.6 Å². The Balaban J connectivity index is 3.01. The molecule has 1 rings (SSSR count). The molecule has 0 bridgehead atoms. The zero-order chi connectivity index (χ0) is 14.4. The first kappa shape index (κ1) is 15.8. The Kier molecular flexibility index (Phi) is 6.16. The Labute approximate surface area is 120 Å². The Morgan fingerprint density at radius 3 is 2.47 bits per heavy atom. The molecule has 1 amide bonds. The number of halogens is 1. The highest BCUT2D eigenvalue weighted by molar-refractivity contribution is 6.18. The van der Waals surface area contributed by atoms with Gasteiger partial charge in [0, 0.05) is 24.0 Å². The van der Waals surface area contributed by atoms with Crippen LogP contribution in [0, 0.1) is 6.92 Å². The highest BCUT2D eigenvalue weighted by Crippen LogP contribution is 2.20. The maximum atomic E-state index is 12.5. The van der Waals surface area contributed by atoms with Crippen molar-refractivity contribution in [2.24, 2.45) is 0 Å². The molecule has 0 aromatic heterocycles. The third kappa shape index (κ3) is 3.87. The number of rotatable bonds is 6. The van der Waals surface area contributed by atoms with Crippen molar-refractivity contribution >= 4 is 17.5 Å². The van der Waals surface area contributed by atoms with Crippen LogP contribution < -0.4 is 0 Å². The van der Waals surface area contributed by atoms with E-state index in [4.69, 9.17) is 11.6 Å². The number of hydrogen-bond donors (Lipinski definition) is 1. The number of phenols is 1. The van der Waals surface area contributed by atoms with Crippen molar-refractivity contribution in [1.29, 1.82) is 0 Å². The minimum absolute atomic E-state index is 0.0162. The molecule has 0 spiro atoms. The molecular formula is C15H22ClNO2. The summed E-state index contributed by atoms with van der Waals surface area (Å²) in [5, 5.41) is 9.52. The summed E-state index contributed by atoms with van der Waals surface area (Å²) in [6.07, 6.45) is 1.83. The first-order chi connectivity index (χ1) is 9.04. The largest absolute Gasteiger partial charge is 0.508 e. The van der Waals surface area contributed by atoms with E-state index in [-0.39, 0.29) is 17.7 Å². The van der Waals surface area contributed by atoms with Gasteiger partial charge in [-0.2, -0.15) is 0 Å². The molecule has 0 aliphatic rings. The van der Waals surface area contributed by atoms with Gasteiger partial charge in [0.15, 0.2) is 0 Å². The Hall–Kier alpha value is -1.22. The normalized spacial score (nSPS) is 10.8. The fraction of sp³-hybridized carbons (Fsp3) is 0.533. The lowest BCUT2D eigenvalue weighted by Crippen LogP contribution is -2.41. The quantitative estimate of drug-likeness (QED) is 0.811. The zero-order valence-electron chi connectivity index (χ0n) is 11.8. The molecule has 19 heavy (non-hydrogen) atoms. The van der Waals surface area contributed by atoms with Crippen LogP contribution >= 0.6 is 11.6 Å². The smallest absolute Gasteiger partial charge is 0.254 e. The molecule has 0 saturated heterocycles. The third-order valence-electron chi connectivity index (χ3n) is 3.41. The van der Waals surface area contributed by atoms with Crippen molar-refractivity contribution in [3.8, 4) is 5.75 Å². The molecule has 106 valence electrons. The van der Waals surface area contributed by atoms with Crippen LogP contribution in [0.4, 0.5) is 0 Å². The molecule has 0 aliphatic heterocycles. The monoisotopic (exact) mass is 283 g/mol. The van der Waals surface area contributed by atoms with Crippen molar-refractivity contribution in [2.75, 3.05) is 12.4 Å². The zero-order valence-corrected chi connectivity index (χ0v) is 12.6. The molecule has 0 atom stereocenters. The Bertz CT molecular complexity index is 430. The lowest BCUT2D eigenvalue weighted by Gasteiger charge is -2.30. The highest BCUT2D eigenvalue weighted by Gasteiger charge is 2.22. The molecule has 0 unspecified atom stereocenters. The van der Waals surface area contributed by atoms with Crippen LogP contribution in [0.5, 0.6) is 5.75 Å². The number of phenolic OH excluding ortho intramolecular Hbond substituents is 1. The topological polar surface area (TPSA) is 40.5 Å². The summed E-state index contributed by atoms with van der Waals surface area (Å²) in [6, 6.07) is 5.16. The lowest BCUT2D eigenvalue weighted by atomic mass is 10.1. The fourth-order valence-electron chi connectivity index (χ4n) is 2.22. The summed E-state index contributed by atoms with van der Waals surface area (Å²) in [4.78, 5) is 14.4. The minimum Gasteiger partial charge on any atom is -0.508 e. The van der Waals surface area contributed by atoms with Gasteiger partial charge in [0.2, 0.25) is 0 Å². The summed E-state index contributed by atoms with van der Waals surface area (Å²) in [7, 11) is 0. The summed E-state index contributed by atoms with van der Waals surface area (Å²) in [5.41, 5.74) is 1.31. The van der Waals surface area contributed by atoms with E-state index >= 15 is 0 Å². The van der Waals surface area contributed by atoms with Crippen molar-refractivity contribution in [3.63, 3.8) is 0 Å². The number of aromatic hydroxyl groups is 1. The van der Waals surface area contributed by atoms with Crippen molar-refractivity contribution < 1.29 is 9.90 Å². The van der Waals surface area contributed by atoms with Gasteiger partial charge in [0.1, 0.15) is 5.75 Å². The predicted octanol–water partition coefficient (Wildman–Crippen LogP) is 3.57. The number of aryl methyl sites for hydroxylation is 1. The van der Waals surface area contributed by atoms with Gasteiger partial charge in [-0.15, -0.1) is 11.6 Å². The molecule has 3 nitrogen and oxygen atoms in total. The molecular weight excluding hydrogens is 262 g/mol. The minimum atomic E-state index is -0.0162. The van der Waals surface area contributed by atoms with E-state index in [0.717, 1.165) is 12.8 Å². The Morgan fingerprint density at radius 1 is 1.37 bits per heavy atom. The van der Waals surface area contributed by atoms with Crippen LogP contribution in [0.25, 0.3) is 0 Å². The summed E-state index contributed by atoms with van der Waals surface area (Å²) in [5.74, 6) is 0.625. The van der Waals surface area contributed by atoms with E-state index in [1.165, 1.54) is 0 Å². The van der Waals surface area contributed by atoms with Crippen LogP contribution in [0.3, 0.4) is 0 Å². The first-order valence-corrected chi connectivity index (χ1v) is 7.25. The summed E-state index contributed by atoms with van der Waals surface area (Å²) < 4.78 is 0. The second-order valence-corrected chi connectivity index (χ2v) is 5.04. The molecule has 0 saturated carbocycles. The van der Waals surface area contributed by atoms with Crippen molar-refractivity contribution in [1.82, 2.24) is 4.90 Å². The number of nitrogens with zero attached hydrogens (tertiary/aromatic N) is 1. The van der Waals surface area contributed by atoms with Gasteiger partial charge >= 0.3 is 0 Å². The van der Waals surface area contributed by atoms with E-state index in [1.54, 1.807) is 25.1 Å². The molecule has 0 aliphatic carbocycles. The number of benzene rings is 1. The van der Waals surface area contributed by atoms with E-state index in [9.17, 15) is 9.90 Å². The van der Waals surface area contributed by atoms with Gasteiger partial charge in [-0.1, -0.05) is 13.8 Å². The van der Waals surface area contributed by atoms with E-state index in [1.807, 2.05) is 4.90 Å². The number of carbonyl (C=O) groups is 1. The standard InChI is InChI=1S/C15H22ClNO2/c1-4-13(5-2)17(9-8-16)15(19)12-6-7-14(18)11(3)10-12/h6-7,10,13,18H,4-5,8-9H2,1-3H3. The molecule has 0 radical (unpaired) electrons. The summed E-state index contributed by atoms with van der Waals surface area (Å²) in [6.45, 7) is 6.48. The second-order valence-electron chi connectivity index (χ2n) is 4.66. The third-order valence-corrected chi connectivity index (χ3v) is 3.58. The first-order valence-electron chi connectivity index (χ1n) is 6.71. The van der Waals surface area contributed by atoms with Crippen LogP contribution in [-0.2, 0) is 0 Å². The molecule has 1 aromatic rings. The maximum absolute atomic E-state index is 12.5. The van der Waals surface area contributed by atoms with Crippen molar-refractivity contribution in [2.45, 2.75) is 39.7 Å². The highest BCUT2D eigenvalue weighted by atomic mass is 35.5. The van der Waals surface area contributed by atoms with Crippen LogP contribution in [0.15, 0.2) is 18.2 Å². The number of amides is 1. The molecule has 0 heterocycles. The average molecular weight is 284 g/mol. The van der Waals surface area contributed by atoms with Gasteiger partial charge in [0.25, 0.3) is 5.91 Å². The van der Waals surface area contributed by atoms with Gasteiger partial charge in [0.05, 0.1) is 0 Å². The van der Waals surface area contributed by atoms with E-state index in [0.29, 0.717) is 23.6 Å². The van der Waals surface area contributed by atoms with E-state index < -0.39 is 0 Å². The van der Waals surface area contributed by atoms with Gasteiger partial charge < -0.3 is 10.0 Å². The van der Waals surface area contributed by atoms with Crippen LogP contribution in [0.2, 0.25) is 0 Å². The molecule has 4 heteroatoms. The van der Waals surface area contributed by atoms with Crippen LogP contribution in [-0.4, -0.2) is 34.4 Å². The van der Waals surface area contributed by atoms with Crippen molar-refractivity contribution in [3.05, 3.63) is 29.3 Å². The van der Waals surface area contributed by atoms with Gasteiger partial charge in [-0.05, 0) is 43.5 Å². The number of hydrogen-bond acceptors (Lipinski definition) is 2. The second kappa shape index (κ2) is 7.39. The number of alkyl halides is 1. The lowest BCUT2D eigenvalue weighted by molar-refractivity contribution is 0.0681.